The molecule has 1 aliphatic heterocycles. The maximum Gasteiger partial charge on any atom is 0.294 e. The molecule has 0 saturated carbocycles. The number of aryl methyl sites for hydroxylation is 2. The third-order valence-electron chi connectivity index (χ3n) is 4.81. The van der Waals surface area contributed by atoms with E-state index < -0.39 is 17.1 Å². The summed E-state index contributed by atoms with van der Waals surface area (Å²) in [6, 6.07) is 10.8. The van der Waals surface area contributed by atoms with E-state index in [0.29, 0.717) is 22.7 Å². The van der Waals surface area contributed by atoms with Crippen LogP contribution in [0.4, 0.5) is 10.5 Å². The van der Waals surface area contributed by atoms with Gasteiger partial charge in [0.2, 0.25) is 5.91 Å². The second-order valence-corrected chi connectivity index (χ2v) is 8.69. The quantitative estimate of drug-likeness (QED) is 0.607. The maximum atomic E-state index is 12.8. The van der Waals surface area contributed by atoms with Crippen molar-refractivity contribution in [1.29, 1.82) is 0 Å². The summed E-state index contributed by atoms with van der Waals surface area (Å²) in [5, 5.41) is 2.25. The number of carbonyl (C=O) groups is 3. The fourth-order valence-electron chi connectivity index (χ4n) is 3.08. The highest BCUT2D eigenvalue weighted by Crippen LogP contribution is 2.34. The Morgan fingerprint density at radius 3 is 2.50 bits per heavy atom. The first kappa shape index (κ1) is 23.4. The van der Waals surface area contributed by atoms with Crippen molar-refractivity contribution in [2.75, 3.05) is 19.0 Å². The number of hydrogen-bond acceptors (Lipinski definition) is 6. The van der Waals surface area contributed by atoms with E-state index in [0.717, 1.165) is 27.8 Å². The van der Waals surface area contributed by atoms with Crippen LogP contribution in [-0.2, 0) is 9.59 Å². The van der Waals surface area contributed by atoms with Gasteiger partial charge in [-0.15, -0.1) is 0 Å². The number of methoxy groups -OCH3 is 1. The summed E-state index contributed by atoms with van der Waals surface area (Å²) < 4.78 is 11.1. The number of nitrogens with zero attached hydrogens (tertiary/aromatic N) is 1. The molecule has 0 radical (unpaired) electrons. The van der Waals surface area contributed by atoms with E-state index in [9.17, 15) is 14.4 Å². The zero-order valence-corrected chi connectivity index (χ0v) is 19.5. The van der Waals surface area contributed by atoms with Gasteiger partial charge in [-0.3, -0.25) is 19.3 Å². The molecule has 0 atom stereocenters. The zero-order valence-electron chi connectivity index (χ0n) is 18.7. The fraction of sp³-hybridized carbons (Fsp3) is 0.292. The second kappa shape index (κ2) is 9.91. The highest BCUT2D eigenvalue weighted by molar-refractivity contribution is 8.18. The number of thioether (sulfide) groups is 1. The normalized spacial score (nSPS) is 14.9. The standard InChI is InChI=1S/C24H26N2O5S/c1-14(2)31-19-9-7-17(11-20(19)30-5)12-21-23(28)26(24(29)32-21)13-22(27)25-18-8-6-15(3)16(4)10-18/h6-12,14H,13H2,1-5H3,(H,25,27). The second-order valence-electron chi connectivity index (χ2n) is 7.69. The minimum atomic E-state index is -0.503. The topological polar surface area (TPSA) is 84.9 Å². The SMILES string of the molecule is COc1cc(C=C2SC(=O)N(CC(=O)Nc3ccc(C)c(C)c3)C2=O)ccc1OC(C)C. The zero-order chi connectivity index (χ0) is 23.4. The molecule has 1 heterocycles. The molecule has 32 heavy (non-hydrogen) atoms. The van der Waals surface area contributed by atoms with Gasteiger partial charge >= 0.3 is 0 Å². The first-order valence-corrected chi connectivity index (χ1v) is 11.0. The summed E-state index contributed by atoms with van der Waals surface area (Å²) in [7, 11) is 1.54. The van der Waals surface area contributed by atoms with Gasteiger partial charge in [0.15, 0.2) is 11.5 Å². The number of nitrogens with one attached hydrogen (secondary N) is 1. The van der Waals surface area contributed by atoms with Gasteiger partial charge in [-0.2, -0.15) is 0 Å². The summed E-state index contributed by atoms with van der Waals surface area (Å²) in [6.07, 6.45) is 1.59. The molecule has 2 aromatic carbocycles. The van der Waals surface area contributed by atoms with Gasteiger partial charge in [0.1, 0.15) is 6.54 Å². The fourth-order valence-corrected chi connectivity index (χ4v) is 3.91. The van der Waals surface area contributed by atoms with E-state index in [1.807, 2.05) is 39.8 Å². The summed E-state index contributed by atoms with van der Waals surface area (Å²) in [5.74, 6) is 0.181. The number of hydrogen-bond donors (Lipinski definition) is 1. The molecule has 1 aliphatic rings. The average molecular weight is 455 g/mol. The number of benzene rings is 2. The van der Waals surface area contributed by atoms with Gasteiger partial charge in [-0.25, -0.2) is 0 Å². The summed E-state index contributed by atoms with van der Waals surface area (Å²) >= 11 is 0.804. The number of ether oxygens (including phenoxy) is 2. The van der Waals surface area contributed by atoms with E-state index in [4.69, 9.17) is 9.47 Å². The number of imide groups is 1. The van der Waals surface area contributed by atoms with Gasteiger partial charge in [0, 0.05) is 5.69 Å². The molecular weight excluding hydrogens is 428 g/mol. The Balaban J connectivity index is 1.71. The van der Waals surface area contributed by atoms with Gasteiger partial charge < -0.3 is 14.8 Å². The Morgan fingerprint density at radius 1 is 1.09 bits per heavy atom. The Bertz CT molecular complexity index is 1090. The molecule has 7 nitrogen and oxygen atoms in total. The van der Waals surface area contributed by atoms with Gasteiger partial charge in [0.05, 0.1) is 18.1 Å². The predicted octanol–water partition coefficient (Wildman–Crippen LogP) is 4.77. The van der Waals surface area contributed by atoms with Crippen molar-refractivity contribution in [3.63, 3.8) is 0 Å². The number of carbonyl (C=O) groups excluding carboxylic acids is 3. The molecule has 0 spiro atoms. The van der Waals surface area contributed by atoms with Crippen LogP contribution >= 0.6 is 11.8 Å². The molecule has 3 amide bonds. The molecule has 0 aliphatic carbocycles. The molecule has 0 unspecified atom stereocenters. The molecule has 0 aromatic heterocycles. The number of anilines is 1. The lowest BCUT2D eigenvalue weighted by atomic mass is 10.1. The van der Waals surface area contributed by atoms with Crippen molar-refractivity contribution in [3.8, 4) is 11.5 Å². The van der Waals surface area contributed by atoms with Crippen LogP contribution in [0.25, 0.3) is 6.08 Å². The highest BCUT2D eigenvalue weighted by atomic mass is 32.2. The summed E-state index contributed by atoms with van der Waals surface area (Å²) in [4.78, 5) is 38.7. The minimum absolute atomic E-state index is 0.0128. The predicted molar refractivity (Wildman–Crippen MR) is 126 cm³/mol. The van der Waals surface area contributed by atoms with Crippen molar-refractivity contribution < 1.29 is 23.9 Å². The molecule has 2 aromatic rings. The van der Waals surface area contributed by atoms with Crippen molar-refractivity contribution in [3.05, 3.63) is 58.0 Å². The Kier molecular flexibility index (Phi) is 7.25. The smallest absolute Gasteiger partial charge is 0.294 e. The minimum Gasteiger partial charge on any atom is -0.493 e. The van der Waals surface area contributed by atoms with Crippen molar-refractivity contribution >= 4 is 40.6 Å². The summed E-state index contributed by atoms with van der Waals surface area (Å²) in [5.41, 5.74) is 3.45. The number of amides is 3. The molecule has 168 valence electrons. The molecule has 1 fully saturated rings. The lowest BCUT2D eigenvalue weighted by molar-refractivity contribution is -0.127. The first-order chi connectivity index (χ1) is 15.2. The monoisotopic (exact) mass is 454 g/mol. The van der Waals surface area contributed by atoms with Crippen LogP contribution in [-0.4, -0.2) is 41.7 Å². The van der Waals surface area contributed by atoms with E-state index in [1.165, 1.54) is 7.11 Å². The molecular formula is C24H26N2O5S. The van der Waals surface area contributed by atoms with Gasteiger partial charge in [-0.05, 0) is 86.5 Å². The molecule has 1 saturated heterocycles. The van der Waals surface area contributed by atoms with Gasteiger partial charge in [-0.1, -0.05) is 12.1 Å². The van der Waals surface area contributed by atoms with Crippen molar-refractivity contribution in [1.82, 2.24) is 4.90 Å². The van der Waals surface area contributed by atoms with Crippen LogP contribution in [0, 0.1) is 13.8 Å². The summed E-state index contributed by atoms with van der Waals surface area (Å²) in [6.45, 7) is 7.41. The molecule has 8 heteroatoms. The lowest BCUT2D eigenvalue weighted by Gasteiger charge is -2.14. The van der Waals surface area contributed by atoms with E-state index in [1.54, 1.807) is 30.3 Å². The van der Waals surface area contributed by atoms with Crippen LogP contribution < -0.4 is 14.8 Å². The van der Waals surface area contributed by atoms with Crippen LogP contribution in [0.3, 0.4) is 0 Å². The Morgan fingerprint density at radius 2 is 1.84 bits per heavy atom. The Hall–Kier alpha value is -3.26. The van der Waals surface area contributed by atoms with E-state index in [-0.39, 0.29) is 17.6 Å². The molecule has 3 rings (SSSR count). The largest absolute Gasteiger partial charge is 0.493 e. The lowest BCUT2D eigenvalue weighted by Crippen LogP contribution is -2.36. The van der Waals surface area contributed by atoms with Crippen molar-refractivity contribution in [2.24, 2.45) is 0 Å². The molecule has 1 N–H and O–H groups in total. The van der Waals surface area contributed by atoms with Crippen LogP contribution in [0.2, 0.25) is 0 Å². The first-order valence-electron chi connectivity index (χ1n) is 10.1. The van der Waals surface area contributed by atoms with Crippen LogP contribution in [0.5, 0.6) is 11.5 Å². The number of rotatable bonds is 7. The third-order valence-corrected chi connectivity index (χ3v) is 5.72. The molecule has 0 bridgehead atoms. The van der Waals surface area contributed by atoms with E-state index in [2.05, 4.69) is 5.32 Å². The average Bonchev–Trinajstić information content (AvgIpc) is 2.98. The third kappa shape index (κ3) is 5.50. The Labute approximate surface area is 191 Å². The van der Waals surface area contributed by atoms with Crippen molar-refractivity contribution in [2.45, 2.75) is 33.8 Å². The van der Waals surface area contributed by atoms with Gasteiger partial charge in [0.25, 0.3) is 11.1 Å². The maximum absolute atomic E-state index is 12.8. The van der Waals surface area contributed by atoms with Crippen LogP contribution in [0.15, 0.2) is 41.3 Å². The van der Waals surface area contributed by atoms with Crippen LogP contribution in [0.1, 0.15) is 30.5 Å². The highest BCUT2D eigenvalue weighted by Gasteiger charge is 2.36. The van der Waals surface area contributed by atoms with E-state index >= 15 is 0 Å².